The van der Waals surface area contributed by atoms with Crippen LogP contribution < -0.4 is 0 Å². The third kappa shape index (κ3) is 1.50. The molecular formula is C15H6Cl3NO. The van der Waals surface area contributed by atoms with Gasteiger partial charge in [0.1, 0.15) is 0 Å². The number of rotatable bonds is 0. The van der Waals surface area contributed by atoms with Gasteiger partial charge in [-0.15, -0.1) is 0 Å². The van der Waals surface area contributed by atoms with E-state index in [1.54, 1.807) is 28.8 Å². The summed E-state index contributed by atoms with van der Waals surface area (Å²) in [5, 5.41) is 2.38. The molecule has 0 saturated carbocycles. The molecule has 0 N–H and O–H groups in total. The third-order valence-corrected chi connectivity index (χ3v) is 4.49. The Morgan fingerprint density at radius 1 is 0.850 bits per heavy atom. The van der Waals surface area contributed by atoms with Crippen molar-refractivity contribution in [2.75, 3.05) is 0 Å². The molecule has 2 heterocycles. The number of hydrogen-bond donors (Lipinski definition) is 0. The third-order valence-electron chi connectivity index (χ3n) is 3.54. The van der Waals surface area contributed by atoms with Crippen LogP contribution in [0.4, 0.5) is 0 Å². The molecule has 0 aliphatic carbocycles. The highest BCUT2D eigenvalue weighted by Gasteiger charge is 2.29. The molecule has 1 aliphatic heterocycles. The predicted molar refractivity (Wildman–Crippen MR) is 82.1 cm³/mol. The van der Waals surface area contributed by atoms with Crippen LogP contribution in [0.15, 0.2) is 36.4 Å². The molecule has 1 aromatic heterocycles. The van der Waals surface area contributed by atoms with E-state index in [1.165, 1.54) is 0 Å². The van der Waals surface area contributed by atoms with E-state index in [-0.39, 0.29) is 5.91 Å². The predicted octanol–water partition coefficient (Wildman–Crippen LogP) is 5.27. The van der Waals surface area contributed by atoms with Crippen molar-refractivity contribution in [3.05, 3.63) is 57.0 Å². The molecule has 0 atom stereocenters. The summed E-state index contributed by atoms with van der Waals surface area (Å²) in [6.07, 6.45) is 0. The minimum absolute atomic E-state index is 0.106. The second-order valence-corrected chi connectivity index (χ2v) is 5.94. The van der Waals surface area contributed by atoms with E-state index in [9.17, 15) is 4.79 Å². The van der Waals surface area contributed by atoms with E-state index in [1.807, 2.05) is 12.1 Å². The van der Waals surface area contributed by atoms with Crippen molar-refractivity contribution in [1.29, 1.82) is 0 Å². The first-order chi connectivity index (χ1) is 9.56. The van der Waals surface area contributed by atoms with Crippen molar-refractivity contribution in [3.8, 4) is 11.3 Å². The lowest BCUT2D eigenvalue weighted by Gasteiger charge is -2.01. The van der Waals surface area contributed by atoms with Gasteiger partial charge in [-0.1, -0.05) is 40.9 Å². The Kier molecular flexibility index (Phi) is 2.46. The molecule has 5 heteroatoms. The summed E-state index contributed by atoms with van der Waals surface area (Å²) in [5.41, 5.74) is 2.98. The molecule has 4 rings (SSSR count). The van der Waals surface area contributed by atoms with Crippen LogP contribution in [-0.2, 0) is 0 Å². The number of fused-ring (bicyclic) bond motifs is 5. The SMILES string of the molecule is O=C1c2cc(Cl)c(Cl)cc2-c2cc3ccc(Cl)cc3n21. The van der Waals surface area contributed by atoms with Crippen LogP contribution in [0.5, 0.6) is 0 Å². The van der Waals surface area contributed by atoms with Crippen LogP contribution in [0.1, 0.15) is 10.4 Å². The lowest BCUT2D eigenvalue weighted by Crippen LogP contribution is -2.05. The smallest absolute Gasteiger partial charge is 0.263 e. The maximum Gasteiger partial charge on any atom is 0.263 e. The molecular weight excluding hydrogens is 317 g/mol. The number of halogens is 3. The second kappa shape index (κ2) is 4.01. The molecule has 0 fully saturated rings. The quantitative estimate of drug-likeness (QED) is 0.432. The molecule has 0 radical (unpaired) electrons. The monoisotopic (exact) mass is 321 g/mol. The fraction of sp³-hybridized carbons (Fsp3) is 0. The fourth-order valence-electron chi connectivity index (χ4n) is 2.65. The summed E-state index contributed by atoms with van der Waals surface area (Å²) in [5.74, 6) is -0.106. The number of hydrogen-bond acceptors (Lipinski definition) is 1. The minimum atomic E-state index is -0.106. The highest BCUT2D eigenvalue weighted by Crippen LogP contribution is 2.41. The average molecular weight is 323 g/mol. The van der Waals surface area contributed by atoms with Crippen LogP contribution in [0.3, 0.4) is 0 Å². The number of benzene rings is 2. The highest BCUT2D eigenvalue weighted by atomic mass is 35.5. The maximum absolute atomic E-state index is 12.6. The van der Waals surface area contributed by atoms with Gasteiger partial charge >= 0.3 is 0 Å². The fourth-order valence-corrected chi connectivity index (χ4v) is 3.14. The van der Waals surface area contributed by atoms with E-state index in [2.05, 4.69) is 0 Å². The van der Waals surface area contributed by atoms with Crippen molar-refractivity contribution in [2.24, 2.45) is 0 Å². The molecule has 1 aliphatic rings. The van der Waals surface area contributed by atoms with Crippen molar-refractivity contribution >= 4 is 51.6 Å². The molecule has 2 aromatic carbocycles. The van der Waals surface area contributed by atoms with Crippen LogP contribution in [-0.4, -0.2) is 10.5 Å². The zero-order valence-corrected chi connectivity index (χ0v) is 12.2. The van der Waals surface area contributed by atoms with Gasteiger partial charge in [0.15, 0.2) is 0 Å². The average Bonchev–Trinajstić information content (AvgIpc) is 2.89. The van der Waals surface area contributed by atoms with Gasteiger partial charge in [-0.05, 0) is 30.3 Å². The van der Waals surface area contributed by atoms with E-state index >= 15 is 0 Å². The number of nitrogens with zero attached hydrogens (tertiary/aromatic N) is 1. The van der Waals surface area contributed by atoms with Crippen molar-refractivity contribution < 1.29 is 4.79 Å². The van der Waals surface area contributed by atoms with Crippen LogP contribution in [0.2, 0.25) is 15.1 Å². The minimum Gasteiger partial charge on any atom is -0.276 e. The Balaban J connectivity index is 2.12. The Morgan fingerprint density at radius 2 is 1.55 bits per heavy atom. The Hall–Kier alpha value is -1.48. The summed E-state index contributed by atoms with van der Waals surface area (Å²) < 4.78 is 1.65. The summed E-state index contributed by atoms with van der Waals surface area (Å²) in [6.45, 7) is 0. The highest BCUT2D eigenvalue weighted by molar-refractivity contribution is 6.42. The van der Waals surface area contributed by atoms with Crippen molar-refractivity contribution in [1.82, 2.24) is 4.57 Å². The normalized spacial score (nSPS) is 12.8. The first kappa shape index (κ1) is 12.3. The van der Waals surface area contributed by atoms with Gasteiger partial charge in [0.2, 0.25) is 0 Å². The van der Waals surface area contributed by atoms with E-state index in [4.69, 9.17) is 34.8 Å². The zero-order valence-electron chi connectivity index (χ0n) is 9.95. The maximum atomic E-state index is 12.6. The lowest BCUT2D eigenvalue weighted by atomic mass is 10.1. The topological polar surface area (TPSA) is 22.0 Å². The molecule has 20 heavy (non-hydrogen) atoms. The van der Waals surface area contributed by atoms with Gasteiger partial charge in [-0.25, -0.2) is 0 Å². The van der Waals surface area contributed by atoms with Gasteiger partial charge in [-0.3, -0.25) is 9.36 Å². The molecule has 2 nitrogen and oxygen atoms in total. The molecule has 0 spiro atoms. The van der Waals surface area contributed by atoms with E-state index < -0.39 is 0 Å². The summed E-state index contributed by atoms with van der Waals surface area (Å²) >= 11 is 18.1. The molecule has 0 unspecified atom stereocenters. The molecule has 3 aromatic rings. The van der Waals surface area contributed by atoms with Crippen molar-refractivity contribution in [2.45, 2.75) is 0 Å². The molecule has 0 saturated heterocycles. The van der Waals surface area contributed by atoms with Gasteiger partial charge in [0, 0.05) is 16.0 Å². The Bertz CT molecular complexity index is 911. The lowest BCUT2D eigenvalue weighted by molar-refractivity contribution is 0.0973. The number of aromatic nitrogens is 1. The second-order valence-electron chi connectivity index (χ2n) is 4.69. The molecule has 0 bridgehead atoms. The summed E-state index contributed by atoms with van der Waals surface area (Å²) in [7, 11) is 0. The number of carbonyl (C=O) groups is 1. The van der Waals surface area contributed by atoms with Gasteiger partial charge in [-0.2, -0.15) is 0 Å². The van der Waals surface area contributed by atoms with Crippen LogP contribution in [0, 0.1) is 0 Å². The first-order valence-corrected chi connectivity index (χ1v) is 7.05. The van der Waals surface area contributed by atoms with Crippen LogP contribution in [0.25, 0.3) is 22.2 Å². The van der Waals surface area contributed by atoms with Gasteiger partial charge in [0.25, 0.3) is 5.91 Å². The summed E-state index contributed by atoms with van der Waals surface area (Å²) in [4.78, 5) is 12.6. The molecule has 0 amide bonds. The van der Waals surface area contributed by atoms with Crippen LogP contribution >= 0.6 is 34.8 Å². The van der Waals surface area contributed by atoms with Gasteiger partial charge in [0.05, 0.1) is 26.8 Å². The first-order valence-electron chi connectivity index (χ1n) is 5.91. The Labute approximate surface area is 129 Å². The molecule has 98 valence electrons. The van der Waals surface area contributed by atoms with E-state index in [0.29, 0.717) is 20.6 Å². The largest absolute Gasteiger partial charge is 0.276 e. The van der Waals surface area contributed by atoms with Gasteiger partial charge < -0.3 is 0 Å². The zero-order chi connectivity index (χ0) is 14.0. The Morgan fingerprint density at radius 3 is 2.30 bits per heavy atom. The van der Waals surface area contributed by atoms with E-state index in [0.717, 1.165) is 22.2 Å². The van der Waals surface area contributed by atoms with Crippen molar-refractivity contribution in [3.63, 3.8) is 0 Å². The number of carbonyl (C=O) groups excluding carboxylic acids is 1. The standard InChI is InChI=1S/C15H6Cl3NO/c16-8-2-1-7-3-14-9-5-11(17)12(18)6-10(9)15(20)19(14)13(7)4-8/h1-6H. The summed E-state index contributed by atoms with van der Waals surface area (Å²) in [6, 6.07) is 10.8.